The van der Waals surface area contributed by atoms with E-state index >= 15 is 0 Å². The van der Waals surface area contributed by atoms with Crippen LogP contribution in [0.2, 0.25) is 0 Å². The van der Waals surface area contributed by atoms with E-state index in [1.54, 1.807) is 12.1 Å². The minimum Gasteiger partial charge on any atom is -0.508 e. The van der Waals surface area contributed by atoms with Crippen molar-refractivity contribution in [1.29, 1.82) is 0 Å². The Morgan fingerprint density at radius 1 is 1.16 bits per heavy atom. The van der Waals surface area contributed by atoms with Gasteiger partial charge in [-0.3, -0.25) is 0 Å². The second kappa shape index (κ2) is 5.87. The molecule has 25 heavy (non-hydrogen) atoms. The van der Waals surface area contributed by atoms with Crippen molar-refractivity contribution in [2.45, 2.75) is 57.0 Å². The van der Waals surface area contributed by atoms with E-state index < -0.39 is 12.7 Å². The Labute approximate surface area is 149 Å². The van der Waals surface area contributed by atoms with Crippen LogP contribution in [-0.2, 0) is 6.42 Å². The van der Waals surface area contributed by atoms with Gasteiger partial charge < -0.3 is 20.3 Å². The van der Waals surface area contributed by atoms with Crippen molar-refractivity contribution in [3.8, 4) is 5.75 Å². The molecule has 0 aliphatic heterocycles. The topological polar surface area (TPSA) is 80.9 Å². The fourth-order valence-electron chi connectivity index (χ4n) is 6.14. The van der Waals surface area contributed by atoms with Gasteiger partial charge in [0.05, 0.1) is 5.60 Å². The second-order valence-corrected chi connectivity index (χ2v) is 8.49. The van der Waals surface area contributed by atoms with Crippen LogP contribution < -0.4 is 0 Å². The molecule has 3 unspecified atom stereocenters. The summed E-state index contributed by atoms with van der Waals surface area (Å²) in [4.78, 5) is 0. The van der Waals surface area contributed by atoms with Gasteiger partial charge in [-0.25, -0.2) is 0 Å². The molecule has 3 aliphatic rings. The average Bonchev–Trinajstić information content (AvgIpc) is 2.84. The van der Waals surface area contributed by atoms with Gasteiger partial charge in [0.1, 0.15) is 5.75 Å². The number of benzene rings is 1. The van der Waals surface area contributed by atoms with Crippen molar-refractivity contribution in [2.75, 3.05) is 0 Å². The van der Waals surface area contributed by atoms with Gasteiger partial charge in [-0.05, 0) is 79.5 Å². The molecule has 4 nitrogen and oxygen atoms in total. The zero-order valence-corrected chi connectivity index (χ0v) is 14.7. The van der Waals surface area contributed by atoms with E-state index in [1.165, 1.54) is 17.1 Å². The minimum atomic E-state index is -1.52. The second-order valence-electron chi connectivity index (χ2n) is 8.49. The molecule has 2 fully saturated rings. The van der Waals surface area contributed by atoms with Gasteiger partial charge in [-0.15, -0.1) is 0 Å². The fraction of sp³-hybridized carbons (Fsp3) is 0.600. The quantitative estimate of drug-likeness (QED) is 0.623. The van der Waals surface area contributed by atoms with Crippen molar-refractivity contribution in [1.82, 2.24) is 0 Å². The number of hydrogen-bond acceptors (Lipinski definition) is 4. The van der Waals surface area contributed by atoms with E-state index in [-0.39, 0.29) is 5.41 Å². The summed E-state index contributed by atoms with van der Waals surface area (Å²) in [7, 11) is -1.52. The molecule has 0 radical (unpaired) electrons. The Bertz CT molecular complexity index is 703. The Balaban J connectivity index is 1.65. The molecule has 5 atom stereocenters. The molecule has 134 valence electrons. The number of hydrogen-bond donors (Lipinski definition) is 4. The SMILES string of the molecule is C[C@]12CCC3c4ccc(O)cc4CCC3C1CC[C@@]2(O)/C=C/B(O)O. The van der Waals surface area contributed by atoms with Crippen LogP contribution in [-0.4, -0.2) is 33.0 Å². The van der Waals surface area contributed by atoms with Crippen LogP contribution in [0.15, 0.2) is 30.3 Å². The molecule has 0 bridgehead atoms. The van der Waals surface area contributed by atoms with Crippen LogP contribution in [0.1, 0.15) is 56.1 Å². The first-order valence-corrected chi connectivity index (χ1v) is 9.44. The molecule has 3 aliphatic carbocycles. The van der Waals surface area contributed by atoms with Crippen LogP contribution in [0.4, 0.5) is 0 Å². The maximum absolute atomic E-state index is 11.3. The lowest BCUT2D eigenvalue weighted by Crippen LogP contribution is -2.50. The third kappa shape index (κ3) is 2.56. The summed E-state index contributed by atoms with van der Waals surface area (Å²) >= 11 is 0. The Morgan fingerprint density at radius 3 is 2.72 bits per heavy atom. The molecule has 1 aromatic rings. The Kier molecular flexibility index (Phi) is 4.02. The molecule has 2 saturated carbocycles. The summed E-state index contributed by atoms with van der Waals surface area (Å²) in [6.07, 6.45) is 7.35. The van der Waals surface area contributed by atoms with E-state index in [4.69, 9.17) is 10.0 Å². The maximum atomic E-state index is 11.3. The lowest BCUT2D eigenvalue weighted by Gasteiger charge is -2.52. The van der Waals surface area contributed by atoms with Gasteiger partial charge in [0.25, 0.3) is 0 Å². The zero-order valence-electron chi connectivity index (χ0n) is 14.7. The largest absolute Gasteiger partial charge is 0.508 e. The predicted molar refractivity (Wildman–Crippen MR) is 97.0 cm³/mol. The van der Waals surface area contributed by atoms with Crippen molar-refractivity contribution in [3.05, 3.63) is 41.4 Å². The van der Waals surface area contributed by atoms with Gasteiger partial charge in [0.15, 0.2) is 0 Å². The molecule has 0 saturated heterocycles. The number of phenolic OH excluding ortho intramolecular Hbond substituents is 1. The van der Waals surface area contributed by atoms with E-state index in [0.29, 0.717) is 29.9 Å². The molecule has 0 heterocycles. The molecular weight excluding hydrogens is 315 g/mol. The number of rotatable bonds is 2. The highest BCUT2D eigenvalue weighted by Crippen LogP contribution is 2.64. The number of aromatic hydroxyl groups is 1. The van der Waals surface area contributed by atoms with Gasteiger partial charge in [-0.1, -0.05) is 25.0 Å². The van der Waals surface area contributed by atoms with Crippen LogP contribution in [0.3, 0.4) is 0 Å². The van der Waals surface area contributed by atoms with Crippen molar-refractivity contribution in [3.63, 3.8) is 0 Å². The maximum Gasteiger partial charge on any atom is 0.480 e. The fourth-order valence-corrected chi connectivity index (χ4v) is 6.14. The lowest BCUT2D eigenvalue weighted by atomic mass is 9.53. The van der Waals surface area contributed by atoms with Gasteiger partial charge >= 0.3 is 7.12 Å². The highest BCUT2D eigenvalue weighted by Gasteiger charge is 2.60. The molecule has 1 aromatic carbocycles. The molecule has 0 spiro atoms. The zero-order chi connectivity index (χ0) is 17.8. The molecule has 4 rings (SSSR count). The third-order valence-electron chi connectivity index (χ3n) is 7.47. The van der Waals surface area contributed by atoms with E-state index in [9.17, 15) is 10.2 Å². The van der Waals surface area contributed by atoms with E-state index in [0.717, 1.165) is 32.1 Å². The minimum absolute atomic E-state index is 0.214. The lowest BCUT2D eigenvalue weighted by molar-refractivity contribution is -0.0709. The van der Waals surface area contributed by atoms with Gasteiger partial charge in [0, 0.05) is 5.41 Å². The van der Waals surface area contributed by atoms with Crippen LogP contribution in [0.5, 0.6) is 5.75 Å². The average molecular weight is 342 g/mol. The summed E-state index contributed by atoms with van der Waals surface area (Å²) in [6.45, 7) is 2.18. The predicted octanol–water partition coefficient (Wildman–Crippen LogP) is 2.55. The van der Waals surface area contributed by atoms with Gasteiger partial charge in [0.2, 0.25) is 0 Å². The highest BCUT2D eigenvalue weighted by molar-refractivity contribution is 6.47. The normalized spacial score (nSPS) is 39.8. The summed E-state index contributed by atoms with van der Waals surface area (Å²) < 4.78 is 0. The number of aryl methyl sites for hydroxylation is 1. The molecule has 0 amide bonds. The summed E-state index contributed by atoms with van der Waals surface area (Å²) in [5.41, 5.74) is 1.49. The first-order chi connectivity index (χ1) is 11.8. The van der Waals surface area contributed by atoms with E-state index in [2.05, 4.69) is 13.0 Å². The van der Waals surface area contributed by atoms with Crippen LogP contribution >= 0.6 is 0 Å². The standard InChI is InChI=1S/C20H27BO4/c1-19-8-6-16-15-5-3-14(22)12-13(15)2-4-17(16)18(19)7-9-20(19,23)10-11-21(24)25/h3,5,10-12,16-18,22-25H,2,4,6-9H2,1H3/b11-10+/t16?,17?,18?,19-,20+/m0/s1. The summed E-state index contributed by atoms with van der Waals surface area (Å²) in [5.74, 6) is 3.16. The highest BCUT2D eigenvalue weighted by atomic mass is 16.4. The first-order valence-electron chi connectivity index (χ1n) is 9.44. The smallest absolute Gasteiger partial charge is 0.480 e. The molecular formula is C20H27BO4. The first kappa shape index (κ1) is 17.1. The van der Waals surface area contributed by atoms with Crippen molar-refractivity contribution >= 4 is 7.12 Å². The van der Waals surface area contributed by atoms with Crippen LogP contribution in [0.25, 0.3) is 0 Å². The van der Waals surface area contributed by atoms with Crippen molar-refractivity contribution < 1.29 is 20.3 Å². The molecule has 5 heteroatoms. The summed E-state index contributed by atoms with van der Waals surface area (Å²) in [6, 6.07) is 5.80. The summed E-state index contributed by atoms with van der Waals surface area (Å²) in [5, 5.41) is 39.4. The van der Waals surface area contributed by atoms with Crippen LogP contribution in [0, 0.1) is 17.3 Å². The molecule has 0 aromatic heterocycles. The Morgan fingerprint density at radius 2 is 1.96 bits per heavy atom. The van der Waals surface area contributed by atoms with Gasteiger partial charge in [-0.2, -0.15) is 0 Å². The third-order valence-corrected chi connectivity index (χ3v) is 7.47. The van der Waals surface area contributed by atoms with Crippen molar-refractivity contribution in [2.24, 2.45) is 17.3 Å². The number of aliphatic hydroxyl groups is 1. The molecule has 4 N–H and O–H groups in total. The number of fused-ring (bicyclic) bond motifs is 5. The van der Waals surface area contributed by atoms with E-state index in [1.807, 2.05) is 6.07 Å². The number of phenols is 1. The monoisotopic (exact) mass is 342 g/mol. The Hall–Kier alpha value is -1.30.